The van der Waals surface area contributed by atoms with E-state index in [-0.39, 0.29) is 23.8 Å². The third kappa shape index (κ3) is 3.29. The average Bonchev–Trinajstić information content (AvgIpc) is 3.49. The molecule has 2 unspecified atom stereocenters. The molecule has 0 bridgehead atoms. The summed E-state index contributed by atoms with van der Waals surface area (Å²) in [4.78, 5) is 12.3. The molecular formula is C22H27F3O3. The summed E-state index contributed by atoms with van der Waals surface area (Å²) < 4.78 is 54.4. The Kier molecular flexibility index (Phi) is 4.47. The molecule has 1 aromatic rings. The first-order valence-electron chi connectivity index (χ1n) is 10.1. The minimum atomic E-state index is -2.70. The van der Waals surface area contributed by atoms with Crippen LogP contribution in [0.25, 0.3) is 0 Å². The summed E-state index contributed by atoms with van der Waals surface area (Å²) in [7, 11) is 0. The molecular weight excluding hydrogens is 369 g/mol. The molecule has 3 aliphatic carbocycles. The number of rotatable bonds is 5. The van der Waals surface area contributed by atoms with Gasteiger partial charge in [0.15, 0.2) is 0 Å². The van der Waals surface area contributed by atoms with Crippen molar-refractivity contribution in [3.8, 4) is 5.75 Å². The molecule has 2 atom stereocenters. The summed E-state index contributed by atoms with van der Waals surface area (Å²) in [6.07, 6.45) is 4.41. The Hall–Kier alpha value is -1.72. The van der Waals surface area contributed by atoms with Crippen LogP contribution in [-0.2, 0) is 4.74 Å². The third-order valence-electron chi connectivity index (χ3n) is 6.27. The minimum absolute atomic E-state index is 0.102. The summed E-state index contributed by atoms with van der Waals surface area (Å²) in [5.74, 6) is -4.32. The predicted molar refractivity (Wildman–Crippen MR) is 98.4 cm³/mol. The molecule has 1 aromatic carbocycles. The fraction of sp³-hybridized carbons (Fsp3) is 0.682. The normalized spacial score (nSPS) is 28.4. The van der Waals surface area contributed by atoms with Crippen LogP contribution in [0, 0.1) is 17.2 Å². The number of hydrogen-bond acceptors (Lipinski definition) is 3. The number of hydrogen-bond donors (Lipinski definition) is 0. The summed E-state index contributed by atoms with van der Waals surface area (Å²) in [6, 6.07) is 2.65. The molecule has 3 fully saturated rings. The SMILES string of the molecule is CC(C)(C)OC(=O)c1cc(C2CC2)c(OCC23CCCCC2C3(F)F)cc1F. The second kappa shape index (κ2) is 6.39. The van der Waals surface area contributed by atoms with E-state index in [1.165, 1.54) is 12.1 Å². The largest absolute Gasteiger partial charge is 0.492 e. The lowest BCUT2D eigenvalue weighted by molar-refractivity contribution is 0.00645. The summed E-state index contributed by atoms with van der Waals surface area (Å²) >= 11 is 0. The van der Waals surface area contributed by atoms with Crippen LogP contribution < -0.4 is 4.74 Å². The number of esters is 1. The Bertz CT molecular complexity index is 795. The van der Waals surface area contributed by atoms with E-state index in [2.05, 4.69) is 0 Å². The van der Waals surface area contributed by atoms with Crippen LogP contribution in [0.15, 0.2) is 12.1 Å². The van der Waals surface area contributed by atoms with Crippen LogP contribution >= 0.6 is 0 Å². The van der Waals surface area contributed by atoms with E-state index in [0.717, 1.165) is 31.2 Å². The lowest BCUT2D eigenvalue weighted by Crippen LogP contribution is -2.25. The van der Waals surface area contributed by atoms with Crippen molar-refractivity contribution >= 4 is 5.97 Å². The zero-order valence-electron chi connectivity index (χ0n) is 16.6. The van der Waals surface area contributed by atoms with Gasteiger partial charge in [0.2, 0.25) is 0 Å². The minimum Gasteiger partial charge on any atom is -0.492 e. The van der Waals surface area contributed by atoms with Gasteiger partial charge in [-0.25, -0.2) is 18.0 Å². The van der Waals surface area contributed by atoms with Crippen molar-refractivity contribution in [1.29, 1.82) is 0 Å². The first-order chi connectivity index (χ1) is 13.1. The second-order valence-corrected chi connectivity index (χ2v) is 9.51. The molecule has 0 aliphatic heterocycles. The van der Waals surface area contributed by atoms with Gasteiger partial charge in [0.25, 0.3) is 5.92 Å². The van der Waals surface area contributed by atoms with Crippen molar-refractivity contribution in [2.45, 2.75) is 76.7 Å². The van der Waals surface area contributed by atoms with Crippen molar-refractivity contribution in [3.63, 3.8) is 0 Å². The Morgan fingerprint density at radius 1 is 1.18 bits per heavy atom. The van der Waals surface area contributed by atoms with E-state index in [1.807, 2.05) is 0 Å². The number of carbonyl (C=O) groups is 1. The molecule has 3 nitrogen and oxygen atoms in total. The number of halogens is 3. The molecule has 154 valence electrons. The standard InChI is InChI=1S/C22H27F3O3/c1-20(2,3)28-19(26)15-10-14(13-7-8-13)17(11-16(15)23)27-12-21-9-5-4-6-18(21)22(21,24)25/h10-11,13,18H,4-9,12H2,1-3H3. The number of benzene rings is 1. The highest BCUT2D eigenvalue weighted by Crippen LogP contribution is 2.72. The molecule has 6 heteroatoms. The van der Waals surface area contributed by atoms with Crippen LogP contribution in [-0.4, -0.2) is 24.1 Å². The molecule has 0 amide bonds. The maximum atomic E-state index is 14.6. The third-order valence-corrected chi connectivity index (χ3v) is 6.27. The maximum Gasteiger partial charge on any atom is 0.341 e. The fourth-order valence-corrected chi connectivity index (χ4v) is 4.55. The van der Waals surface area contributed by atoms with Crippen molar-refractivity contribution < 1.29 is 27.4 Å². The fourth-order valence-electron chi connectivity index (χ4n) is 4.55. The van der Waals surface area contributed by atoms with E-state index in [0.29, 0.717) is 12.8 Å². The summed E-state index contributed by atoms with van der Waals surface area (Å²) in [5.41, 5.74) is -1.25. The first-order valence-corrected chi connectivity index (χ1v) is 10.1. The smallest absolute Gasteiger partial charge is 0.341 e. The topological polar surface area (TPSA) is 35.5 Å². The number of carbonyl (C=O) groups excluding carboxylic acids is 1. The molecule has 0 spiro atoms. The second-order valence-electron chi connectivity index (χ2n) is 9.51. The molecule has 0 aromatic heterocycles. The van der Waals surface area contributed by atoms with Gasteiger partial charge in [-0.3, -0.25) is 0 Å². The van der Waals surface area contributed by atoms with Gasteiger partial charge in [-0.2, -0.15) is 0 Å². The Labute approximate surface area is 163 Å². The molecule has 3 saturated carbocycles. The van der Waals surface area contributed by atoms with Crippen LogP contribution in [0.3, 0.4) is 0 Å². The van der Waals surface area contributed by atoms with E-state index in [1.54, 1.807) is 20.8 Å². The molecule has 4 rings (SSSR count). The van der Waals surface area contributed by atoms with Gasteiger partial charge in [0.05, 0.1) is 11.0 Å². The van der Waals surface area contributed by atoms with Gasteiger partial charge in [-0.15, -0.1) is 0 Å². The van der Waals surface area contributed by atoms with Crippen molar-refractivity contribution in [3.05, 3.63) is 29.1 Å². The van der Waals surface area contributed by atoms with Gasteiger partial charge in [0.1, 0.15) is 23.8 Å². The van der Waals surface area contributed by atoms with E-state index in [9.17, 15) is 18.0 Å². The highest BCUT2D eigenvalue weighted by atomic mass is 19.3. The predicted octanol–water partition coefficient (Wildman–Crippen LogP) is 5.86. The van der Waals surface area contributed by atoms with Crippen LogP contribution in [0.1, 0.15) is 81.1 Å². The monoisotopic (exact) mass is 396 g/mol. The van der Waals surface area contributed by atoms with Gasteiger partial charge >= 0.3 is 5.97 Å². The number of fused-ring (bicyclic) bond motifs is 1. The van der Waals surface area contributed by atoms with E-state index in [4.69, 9.17) is 9.47 Å². The number of ether oxygens (including phenoxy) is 2. The highest BCUT2D eigenvalue weighted by Gasteiger charge is 2.80. The lowest BCUT2D eigenvalue weighted by Gasteiger charge is -2.23. The zero-order valence-corrected chi connectivity index (χ0v) is 16.6. The van der Waals surface area contributed by atoms with Crippen molar-refractivity contribution in [2.75, 3.05) is 6.61 Å². The molecule has 0 N–H and O–H groups in total. The van der Waals surface area contributed by atoms with Crippen molar-refractivity contribution in [1.82, 2.24) is 0 Å². The van der Waals surface area contributed by atoms with Gasteiger partial charge in [0, 0.05) is 12.0 Å². The zero-order chi connectivity index (χ0) is 20.3. The van der Waals surface area contributed by atoms with Crippen LogP contribution in [0.4, 0.5) is 13.2 Å². The van der Waals surface area contributed by atoms with Gasteiger partial charge in [-0.1, -0.05) is 12.8 Å². The van der Waals surface area contributed by atoms with Gasteiger partial charge < -0.3 is 9.47 Å². The molecule has 28 heavy (non-hydrogen) atoms. The van der Waals surface area contributed by atoms with Gasteiger partial charge in [-0.05, 0) is 64.0 Å². The van der Waals surface area contributed by atoms with E-state index < -0.39 is 34.6 Å². The maximum absolute atomic E-state index is 14.6. The van der Waals surface area contributed by atoms with Crippen LogP contribution in [0.2, 0.25) is 0 Å². The molecule has 3 aliphatic rings. The lowest BCUT2D eigenvalue weighted by atomic mass is 9.89. The molecule has 0 radical (unpaired) electrons. The van der Waals surface area contributed by atoms with Crippen molar-refractivity contribution in [2.24, 2.45) is 11.3 Å². The average molecular weight is 396 g/mol. The number of alkyl halides is 2. The Balaban J connectivity index is 1.56. The Morgan fingerprint density at radius 3 is 2.50 bits per heavy atom. The summed E-state index contributed by atoms with van der Waals surface area (Å²) in [5, 5.41) is 0. The highest BCUT2D eigenvalue weighted by molar-refractivity contribution is 5.90. The Morgan fingerprint density at radius 2 is 1.89 bits per heavy atom. The first kappa shape index (κ1) is 19.6. The quantitative estimate of drug-likeness (QED) is 0.585. The molecule has 0 saturated heterocycles. The van der Waals surface area contributed by atoms with Crippen LogP contribution in [0.5, 0.6) is 5.75 Å². The molecule has 0 heterocycles. The summed E-state index contributed by atoms with van der Waals surface area (Å²) in [6.45, 7) is 5.06. The van der Waals surface area contributed by atoms with E-state index >= 15 is 0 Å².